The van der Waals surface area contributed by atoms with Crippen LogP contribution in [0, 0.1) is 0 Å². The van der Waals surface area contributed by atoms with Crippen molar-refractivity contribution in [2.24, 2.45) is 0 Å². The Labute approximate surface area is 296 Å². The fourth-order valence-electron chi connectivity index (χ4n) is 7.13. The molecule has 50 heavy (non-hydrogen) atoms. The zero-order chi connectivity index (χ0) is 35.2. The van der Waals surface area contributed by atoms with Crippen molar-refractivity contribution in [3.63, 3.8) is 0 Å². The second-order valence-corrected chi connectivity index (χ2v) is 17.0. The van der Waals surface area contributed by atoms with Crippen LogP contribution in [0.25, 0.3) is 55.6 Å². The zero-order valence-corrected chi connectivity index (χ0v) is 30.7. The monoisotopic (exact) mass is 654 g/mol. The quantitative estimate of drug-likeness (QED) is 0.192. The van der Waals surface area contributed by atoms with Crippen LogP contribution in [-0.4, -0.2) is 15.0 Å². The molecule has 0 unspecified atom stereocenters. The van der Waals surface area contributed by atoms with Gasteiger partial charge in [-0.2, -0.15) is 0 Å². The van der Waals surface area contributed by atoms with Crippen LogP contribution in [0.1, 0.15) is 79.0 Å². The van der Waals surface area contributed by atoms with Gasteiger partial charge in [0.15, 0.2) is 0 Å². The number of rotatable bonds is 1. The molecule has 1 aliphatic heterocycles. The summed E-state index contributed by atoms with van der Waals surface area (Å²) in [5, 5.41) is 2.43. The number of pyridine rings is 2. The van der Waals surface area contributed by atoms with E-state index in [2.05, 4.69) is 181 Å². The summed E-state index contributed by atoms with van der Waals surface area (Å²) in [6.45, 7) is 20.6. The van der Waals surface area contributed by atoms with Crippen LogP contribution in [0.3, 0.4) is 0 Å². The molecule has 0 amide bonds. The number of hydrogen-bond acceptors (Lipinski definition) is 3. The summed E-state index contributed by atoms with van der Waals surface area (Å²) in [4.78, 5) is 17.2. The largest absolute Gasteiger partial charge is 0.353 e. The van der Waals surface area contributed by atoms with Gasteiger partial charge in [-0.05, 0) is 112 Å². The Morgan fingerprint density at radius 2 is 0.980 bits per heavy atom. The number of H-pyrrole nitrogens is 1. The van der Waals surface area contributed by atoms with Gasteiger partial charge in [-0.25, -0.2) is 9.97 Å². The Morgan fingerprint density at radius 1 is 0.460 bits per heavy atom. The number of benzene rings is 4. The molecule has 8 rings (SSSR count). The maximum Gasteiger partial charge on any atom is 0.138 e. The molecular weight excluding hydrogens is 609 g/mol. The first kappa shape index (κ1) is 32.0. The van der Waals surface area contributed by atoms with E-state index in [1.165, 1.54) is 27.5 Å². The number of para-hydroxylation sites is 1. The van der Waals surface area contributed by atoms with Crippen LogP contribution in [0.5, 0.6) is 0 Å². The van der Waals surface area contributed by atoms with E-state index < -0.39 is 0 Å². The summed E-state index contributed by atoms with van der Waals surface area (Å²) in [6, 6.07) is 39.8. The smallest absolute Gasteiger partial charge is 0.138 e. The lowest BCUT2D eigenvalue weighted by molar-refractivity contribution is 0.590. The highest BCUT2D eigenvalue weighted by Crippen LogP contribution is 2.44. The molecule has 0 aliphatic carbocycles. The standard InChI is InChI=1S/C46H46N4/c1-44(2,3)29-21-28-22-33(23-29)50(32-15-11-10-12-16-32)41-20-14-19-40(48-41)37-27-31(46(7,8)9)25-35-34-24-30(45(4,5)6)26-36(42(34)49-43(35)37)39-18-13-17-38(28)47-39/h10-27,49H,1-9H3. The summed E-state index contributed by atoms with van der Waals surface area (Å²) in [7, 11) is 0. The first-order chi connectivity index (χ1) is 23.6. The van der Waals surface area contributed by atoms with Crippen LogP contribution in [0.4, 0.5) is 17.2 Å². The van der Waals surface area contributed by atoms with Crippen molar-refractivity contribution in [2.75, 3.05) is 4.90 Å². The molecule has 0 radical (unpaired) electrons. The predicted molar refractivity (Wildman–Crippen MR) is 212 cm³/mol. The number of fused-ring (bicyclic) bond motifs is 10. The molecule has 1 N–H and O–H groups in total. The van der Waals surface area contributed by atoms with Crippen LogP contribution in [-0.2, 0) is 16.2 Å². The fourth-order valence-corrected chi connectivity index (χ4v) is 7.13. The summed E-state index contributed by atoms with van der Waals surface area (Å²) in [6.07, 6.45) is 0. The highest BCUT2D eigenvalue weighted by molar-refractivity contribution is 6.15. The number of nitrogens with zero attached hydrogens (tertiary/aromatic N) is 3. The Hall–Kier alpha value is -5.22. The molecule has 0 spiro atoms. The van der Waals surface area contributed by atoms with E-state index in [1.807, 2.05) is 0 Å². The number of anilines is 3. The average molecular weight is 655 g/mol. The number of hydrogen-bond donors (Lipinski definition) is 1. The highest BCUT2D eigenvalue weighted by atomic mass is 15.2. The van der Waals surface area contributed by atoms with E-state index in [0.717, 1.165) is 62.0 Å². The molecule has 7 aromatic rings. The Balaban J connectivity index is 1.57. The highest BCUT2D eigenvalue weighted by Gasteiger charge is 2.26. The molecule has 1 aliphatic rings. The Bertz CT molecular complexity index is 2430. The molecule has 0 saturated heterocycles. The van der Waals surface area contributed by atoms with Crippen LogP contribution in [0.15, 0.2) is 109 Å². The van der Waals surface area contributed by atoms with E-state index in [9.17, 15) is 0 Å². The van der Waals surface area contributed by atoms with Crippen molar-refractivity contribution in [1.82, 2.24) is 15.0 Å². The van der Waals surface area contributed by atoms with Gasteiger partial charge in [0.2, 0.25) is 0 Å². The maximum absolute atomic E-state index is 5.50. The first-order valence-corrected chi connectivity index (χ1v) is 17.8. The topological polar surface area (TPSA) is 44.8 Å². The number of aromatic amines is 1. The lowest BCUT2D eigenvalue weighted by atomic mass is 9.83. The van der Waals surface area contributed by atoms with Crippen molar-refractivity contribution in [2.45, 2.75) is 78.6 Å². The van der Waals surface area contributed by atoms with Gasteiger partial charge in [0, 0.05) is 38.8 Å². The molecule has 3 aromatic heterocycles. The van der Waals surface area contributed by atoms with Crippen molar-refractivity contribution in [3.05, 3.63) is 126 Å². The Kier molecular flexibility index (Phi) is 7.14. The minimum absolute atomic E-state index is 0.0534. The third-order valence-electron chi connectivity index (χ3n) is 10.2. The normalized spacial score (nSPS) is 13.3. The number of nitrogens with one attached hydrogen (secondary N) is 1. The summed E-state index contributed by atoms with van der Waals surface area (Å²) < 4.78 is 0. The molecule has 0 saturated carbocycles. The molecule has 4 heterocycles. The van der Waals surface area contributed by atoms with Gasteiger partial charge in [-0.3, -0.25) is 4.90 Å². The summed E-state index contributed by atoms with van der Waals surface area (Å²) in [5.74, 6) is 0.864. The Morgan fingerprint density at radius 3 is 1.56 bits per heavy atom. The van der Waals surface area contributed by atoms with Gasteiger partial charge < -0.3 is 4.98 Å². The van der Waals surface area contributed by atoms with Crippen LogP contribution >= 0.6 is 0 Å². The zero-order valence-electron chi connectivity index (χ0n) is 30.7. The minimum atomic E-state index is -0.0878. The lowest BCUT2D eigenvalue weighted by Crippen LogP contribution is -2.16. The molecule has 0 fully saturated rings. The first-order valence-electron chi connectivity index (χ1n) is 17.8. The maximum atomic E-state index is 5.50. The van der Waals surface area contributed by atoms with E-state index >= 15 is 0 Å². The third kappa shape index (κ3) is 5.48. The average Bonchev–Trinajstić information content (AvgIpc) is 3.45. The van der Waals surface area contributed by atoms with Crippen molar-refractivity contribution >= 4 is 39.0 Å². The van der Waals surface area contributed by atoms with Gasteiger partial charge in [0.25, 0.3) is 0 Å². The van der Waals surface area contributed by atoms with E-state index in [-0.39, 0.29) is 16.2 Å². The van der Waals surface area contributed by atoms with Crippen LogP contribution in [0.2, 0.25) is 0 Å². The van der Waals surface area contributed by atoms with E-state index in [4.69, 9.17) is 9.97 Å². The molecular formula is C46H46N4. The second-order valence-electron chi connectivity index (χ2n) is 17.0. The summed E-state index contributed by atoms with van der Waals surface area (Å²) >= 11 is 0. The van der Waals surface area contributed by atoms with E-state index in [0.29, 0.717) is 0 Å². The second kappa shape index (κ2) is 11.1. The van der Waals surface area contributed by atoms with Gasteiger partial charge in [-0.1, -0.05) is 92.6 Å². The van der Waals surface area contributed by atoms with Gasteiger partial charge in [0.1, 0.15) is 5.82 Å². The molecule has 4 heteroatoms. The molecule has 0 atom stereocenters. The van der Waals surface area contributed by atoms with Gasteiger partial charge in [-0.15, -0.1) is 0 Å². The van der Waals surface area contributed by atoms with Crippen LogP contribution < -0.4 is 4.90 Å². The molecule has 4 aromatic carbocycles. The predicted octanol–water partition coefficient (Wildman–Crippen LogP) is 12.8. The van der Waals surface area contributed by atoms with Crippen molar-refractivity contribution in [3.8, 4) is 33.8 Å². The molecule has 250 valence electrons. The van der Waals surface area contributed by atoms with Gasteiger partial charge >= 0.3 is 0 Å². The lowest BCUT2D eigenvalue weighted by Gasteiger charge is -2.28. The van der Waals surface area contributed by atoms with Gasteiger partial charge in [0.05, 0.1) is 28.1 Å². The number of aromatic nitrogens is 3. The SMILES string of the molecule is CC(C)(C)c1cc2cc(c1)N(c1ccccc1)c1cccc(n1)-c1cc(C(C)(C)C)cc3c1[nH]c1c(cc(C(C)(C)C)cc13)-c1cccc-2n1. The van der Waals surface area contributed by atoms with Crippen molar-refractivity contribution in [1.29, 1.82) is 0 Å². The molecule has 8 bridgehead atoms. The molecule has 4 nitrogen and oxygen atoms in total. The minimum Gasteiger partial charge on any atom is -0.353 e. The third-order valence-corrected chi connectivity index (χ3v) is 10.2. The van der Waals surface area contributed by atoms with Crippen molar-refractivity contribution < 1.29 is 0 Å². The fraction of sp³-hybridized carbons (Fsp3) is 0.261. The summed E-state index contributed by atoms with van der Waals surface area (Å²) in [5.41, 5.74) is 14.0. The van der Waals surface area contributed by atoms with E-state index in [1.54, 1.807) is 0 Å².